The monoisotopic (exact) mass is 223 g/mol. The lowest BCUT2D eigenvalue weighted by Gasteiger charge is -2.09. The fraction of sp³-hybridized carbons (Fsp3) is 0.444. The molecular formula is C9H13N5S. The number of nitrogens with one attached hydrogen (secondary N) is 1. The van der Waals surface area contributed by atoms with Crippen LogP contribution in [0.3, 0.4) is 0 Å². The Morgan fingerprint density at radius 3 is 3.07 bits per heavy atom. The maximum absolute atomic E-state index is 4.10. The molecule has 6 heteroatoms. The van der Waals surface area contributed by atoms with Crippen LogP contribution in [-0.2, 0) is 13.6 Å². The number of hydrogen-bond donors (Lipinski definition) is 1. The molecular weight excluding hydrogens is 210 g/mol. The van der Waals surface area contributed by atoms with Gasteiger partial charge in [-0.25, -0.2) is 0 Å². The van der Waals surface area contributed by atoms with Crippen molar-refractivity contribution in [3.05, 3.63) is 28.2 Å². The Morgan fingerprint density at radius 1 is 1.60 bits per heavy atom. The molecule has 0 bridgehead atoms. The quantitative estimate of drug-likeness (QED) is 0.844. The number of thiophene rings is 1. The minimum Gasteiger partial charge on any atom is -0.302 e. The minimum atomic E-state index is 0.328. The average Bonchev–Trinajstić information content (AvgIpc) is 2.84. The van der Waals surface area contributed by atoms with E-state index in [1.807, 2.05) is 0 Å². The summed E-state index contributed by atoms with van der Waals surface area (Å²) in [5.74, 6) is 0.723. The summed E-state index contributed by atoms with van der Waals surface area (Å²) in [6, 6.07) is 4.50. The number of nitrogens with zero attached hydrogens (tertiary/aromatic N) is 4. The van der Waals surface area contributed by atoms with E-state index in [-0.39, 0.29) is 0 Å². The summed E-state index contributed by atoms with van der Waals surface area (Å²) in [4.78, 5) is 2.78. The van der Waals surface area contributed by atoms with Gasteiger partial charge in [0.2, 0.25) is 0 Å². The maximum Gasteiger partial charge on any atom is 0.188 e. The van der Waals surface area contributed by atoms with Crippen LogP contribution >= 0.6 is 11.3 Å². The van der Waals surface area contributed by atoms with Crippen molar-refractivity contribution in [1.29, 1.82) is 0 Å². The van der Waals surface area contributed by atoms with Crippen LogP contribution in [-0.4, -0.2) is 20.2 Å². The Morgan fingerprint density at radius 2 is 2.47 bits per heavy atom. The molecule has 0 aliphatic heterocycles. The van der Waals surface area contributed by atoms with Crippen molar-refractivity contribution < 1.29 is 0 Å². The van der Waals surface area contributed by atoms with Gasteiger partial charge in [-0.15, -0.1) is 21.5 Å². The van der Waals surface area contributed by atoms with Crippen molar-refractivity contribution in [2.45, 2.75) is 19.5 Å². The third kappa shape index (κ3) is 2.60. The molecule has 2 aromatic rings. The van der Waals surface area contributed by atoms with Crippen molar-refractivity contribution >= 4 is 11.3 Å². The fourth-order valence-corrected chi connectivity index (χ4v) is 2.04. The minimum absolute atomic E-state index is 0.328. The first kappa shape index (κ1) is 10.3. The molecule has 0 amide bonds. The van der Waals surface area contributed by atoms with E-state index in [9.17, 15) is 0 Å². The predicted molar refractivity (Wildman–Crippen MR) is 58.4 cm³/mol. The first-order chi connectivity index (χ1) is 7.25. The molecule has 2 rings (SSSR count). The molecule has 1 N–H and O–H groups in total. The van der Waals surface area contributed by atoms with Crippen molar-refractivity contribution in [2.75, 3.05) is 0 Å². The fourth-order valence-electron chi connectivity index (χ4n) is 1.28. The van der Waals surface area contributed by atoms with Crippen molar-refractivity contribution in [1.82, 2.24) is 25.5 Å². The summed E-state index contributed by atoms with van der Waals surface area (Å²) >= 11 is 1.75. The van der Waals surface area contributed by atoms with Crippen molar-refractivity contribution in [2.24, 2.45) is 7.05 Å². The van der Waals surface area contributed by atoms with Crippen LogP contribution in [0, 0.1) is 0 Å². The van der Waals surface area contributed by atoms with Gasteiger partial charge in [0, 0.05) is 10.9 Å². The molecule has 0 aromatic carbocycles. The maximum atomic E-state index is 4.10. The number of hydrogen-bond acceptors (Lipinski definition) is 5. The second-order valence-electron chi connectivity index (χ2n) is 3.31. The molecule has 5 nitrogen and oxygen atoms in total. The molecule has 0 fully saturated rings. The van der Waals surface area contributed by atoms with Gasteiger partial charge in [-0.3, -0.25) is 0 Å². The number of aryl methyl sites for hydroxylation is 1. The molecule has 0 saturated heterocycles. The van der Waals surface area contributed by atoms with E-state index in [1.165, 1.54) is 9.67 Å². The van der Waals surface area contributed by atoms with Crippen LogP contribution < -0.4 is 5.32 Å². The highest BCUT2D eigenvalue weighted by Crippen LogP contribution is 2.17. The van der Waals surface area contributed by atoms with Gasteiger partial charge < -0.3 is 5.32 Å². The van der Waals surface area contributed by atoms with Gasteiger partial charge in [0.15, 0.2) is 5.82 Å². The zero-order valence-electron chi connectivity index (χ0n) is 8.71. The van der Waals surface area contributed by atoms with Crippen molar-refractivity contribution in [3.63, 3.8) is 0 Å². The second-order valence-corrected chi connectivity index (χ2v) is 4.29. The molecule has 0 spiro atoms. The zero-order valence-corrected chi connectivity index (χ0v) is 9.53. The van der Waals surface area contributed by atoms with Crippen LogP contribution in [0.5, 0.6) is 0 Å². The smallest absolute Gasteiger partial charge is 0.188 e. The van der Waals surface area contributed by atoms with E-state index in [4.69, 9.17) is 0 Å². The molecule has 0 aliphatic rings. The third-order valence-electron chi connectivity index (χ3n) is 2.09. The molecule has 0 saturated carbocycles. The molecule has 1 atom stereocenters. The average molecular weight is 223 g/mol. The summed E-state index contributed by atoms with van der Waals surface area (Å²) < 4.78 is 0. The second kappa shape index (κ2) is 4.50. The van der Waals surface area contributed by atoms with E-state index >= 15 is 0 Å². The van der Waals surface area contributed by atoms with Gasteiger partial charge in [-0.05, 0) is 23.6 Å². The van der Waals surface area contributed by atoms with Crippen LogP contribution in [0.4, 0.5) is 0 Å². The molecule has 0 aliphatic carbocycles. The third-order valence-corrected chi connectivity index (χ3v) is 3.14. The Hall–Kier alpha value is -1.27. The Balaban J connectivity index is 1.88. The van der Waals surface area contributed by atoms with Gasteiger partial charge in [-0.2, -0.15) is 4.80 Å². The normalized spacial score (nSPS) is 12.9. The zero-order chi connectivity index (χ0) is 10.7. The highest BCUT2D eigenvalue weighted by Gasteiger charge is 2.07. The van der Waals surface area contributed by atoms with E-state index in [0.717, 1.165) is 5.82 Å². The summed E-state index contributed by atoms with van der Waals surface area (Å²) in [7, 11) is 1.76. The molecule has 15 heavy (non-hydrogen) atoms. The van der Waals surface area contributed by atoms with E-state index < -0.39 is 0 Å². The van der Waals surface area contributed by atoms with Crippen molar-refractivity contribution in [3.8, 4) is 0 Å². The Labute approximate surface area is 92.1 Å². The highest BCUT2D eigenvalue weighted by atomic mass is 32.1. The van der Waals surface area contributed by atoms with Crippen LogP contribution in [0.1, 0.15) is 23.7 Å². The van der Waals surface area contributed by atoms with Crippen LogP contribution in [0.25, 0.3) is 0 Å². The van der Waals surface area contributed by atoms with Gasteiger partial charge in [-0.1, -0.05) is 6.07 Å². The topological polar surface area (TPSA) is 55.6 Å². The summed E-state index contributed by atoms with van der Waals surface area (Å²) in [5.41, 5.74) is 0. The van der Waals surface area contributed by atoms with Gasteiger partial charge in [0.1, 0.15) is 0 Å². The number of tetrazole rings is 1. The lowest BCUT2D eigenvalue weighted by atomic mass is 10.3. The number of rotatable bonds is 4. The lowest BCUT2D eigenvalue weighted by molar-refractivity contribution is 0.562. The van der Waals surface area contributed by atoms with E-state index in [1.54, 1.807) is 18.4 Å². The largest absolute Gasteiger partial charge is 0.302 e. The Bertz CT molecular complexity index is 408. The Kier molecular flexibility index (Phi) is 3.08. The lowest BCUT2D eigenvalue weighted by Crippen LogP contribution is -2.18. The highest BCUT2D eigenvalue weighted by molar-refractivity contribution is 7.10. The van der Waals surface area contributed by atoms with Gasteiger partial charge in [0.25, 0.3) is 0 Å². The standard InChI is InChI=1S/C9H13N5S/c1-7(8-4-3-5-15-8)10-6-9-11-13-14(2)12-9/h3-5,7,10H,6H2,1-2H3. The van der Waals surface area contributed by atoms with E-state index in [0.29, 0.717) is 12.6 Å². The number of aromatic nitrogens is 4. The molecule has 2 heterocycles. The molecule has 0 radical (unpaired) electrons. The summed E-state index contributed by atoms with van der Waals surface area (Å²) in [6.45, 7) is 2.77. The molecule has 1 unspecified atom stereocenters. The van der Waals surface area contributed by atoms with Gasteiger partial charge in [0.05, 0.1) is 13.6 Å². The van der Waals surface area contributed by atoms with Crippen LogP contribution in [0.2, 0.25) is 0 Å². The van der Waals surface area contributed by atoms with E-state index in [2.05, 4.69) is 45.2 Å². The van der Waals surface area contributed by atoms with Gasteiger partial charge >= 0.3 is 0 Å². The summed E-state index contributed by atoms with van der Waals surface area (Å²) in [6.07, 6.45) is 0. The molecule has 2 aromatic heterocycles. The predicted octanol–water partition coefficient (Wildman–Crippen LogP) is 1.12. The first-order valence-corrected chi connectivity index (χ1v) is 5.63. The summed E-state index contributed by atoms with van der Waals surface area (Å²) in [5, 5.41) is 17.2. The SMILES string of the molecule is CC(NCc1nnn(C)n1)c1cccs1. The first-order valence-electron chi connectivity index (χ1n) is 4.75. The molecule has 80 valence electrons. The van der Waals surface area contributed by atoms with Crippen LogP contribution in [0.15, 0.2) is 17.5 Å².